The van der Waals surface area contributed by atoms with Crippen LogP contribution in [-0.4, -0.2) is 10.2 Å². The van der Waals surface area contributed by atoms with Crippen LogP contribution < -0.4 is 5.32 Å². The van der Waals surface area contributed by atoms with Crippen LogP contribution >= 0.6 is 11.3 Å². The second-order valence-electron chi connectivity index (χ2n) is 6.89. The van der Waals surface area contributed by atoms with Gasteiger partial charge in [0.2, 0.25) is 5.89 Å². The van der Waals surface area contributed by atoms with Gasteiger partial charge in [-0.05, 0) is 53.6 Å². The molecule has 4 rings (SSSR count). The second kappa shape index (κ2) is 8.68. The first-order valence-electron chi connectivity index (χ1n) is 9.61. The Morgan fingerprint density at radius 2 is 1.86 bits per heavy atom. The maximum atomic E-state index is 13.9. The molecule has 4 nitrogen and oxygen atoms in total. The van der Waals surface area contributed by atoms with Gasteiger partial charge < -0.3 is 4.42 Å². The summed E-state index contributed by atoms with van der Waals surface area (Å²) in [5, 5.41) is 13.9. The number of halogens is 1. The molecular weight excluding hydrogens is 385 g/mol. The van der Waals surface area contributed by atoms with Gasteiger partial charge in [0.05, 0.1) is 17.0 Å². The van der Waals surface area contributed by atoms with E-state index in [1.165, 1.54) is 11.6 Å². The van der Waals surface area contributed by atoms with Crippen LogP contribution in [0.5, 0.6) is 0 Å². The van der Waals surface area contributed by atoms with Gasteiger partial charge in [0.25, 0.3) is 5.89 Å². The van der Waals surface area contributed by atoms with Gasteiger partial charge in [-0.3, -0.25) is 5.32 Å². The molecule has 0 unspecified atom stereocenters. The smallest absolute Gasteiger partial charge is 0.257 e. The topological polar surface area (TPSA) is 51.0 Å². The summed E-state index contributed by atoms with van der Waals surface area (Å²) < 4.78 is 19.8. The molecule has 2 aromatic carbocycles. The fourth-order valence-electron chi connectivity index (χ4n) is 3.25. The lowest BCUT2D eigenvalue weighted by Crippen LogP contribution is -2.26. The van der Waals surface area contributed by atoms with Crippen molar-refractivity contribution in [1.29, 1.82) is 0 Å². The van der Waals surface area contributed by atoms with Gasteiger partial charge >= 0.3 is 0 Å². The number of benzene rings is 2. The number of rotatable bonds is 7. The van der Waals surface area contributed by atoms with Crippen LogP contribution in [0.25, 0.3) is 10.8 Å². The molecule has 0 radical (unpaired) electrons. The van der Waals surface area contributed by atoms with E-state index in [1.807, 2.05) is 30.5 Å². The lowest BCUT2D eigenvalue weighted by Gasteiger charge is -2.23. The number of thiophene rings is 1. The van der Waals surface area contributed by atoms with Crippen LogP contribution in [0, 0.1) is 5.82 Å². The quantitative estimate of drug-likeness (QED) is 0.412. The molecule has 0 saturated heterocycles. The van der Waals surface area contributed by atoms with Crippen molar-refractivity contribution < 1.29 is 8.81 Å². The first kappa shape index (κ1) is 19.5. The summed E-state index contributed by atoms with van der Waals surface area (Å²) >= 11 is 1.56. The second-order valence-corrected chi connectivity index (χ2v) is 7.84. The summed E-state index contributed by atoms with van der Waals surface area (Å²) in [5.74, 6) is 0.753. The summed E-state index contributed by atoms with van der Waals surface area (Å²) in [6, 6.07) is 18.5. The van der Waals surface area contributed by atoms with Crippen LogP contribution in [0.4, 0.5) is 4.39 Å². The van der Waals surface area contributed by atoms with E-state index in [9.17, 15) is 4.39 Å². The van der Waals surface area contributed by atoms with Crippen LogP contribution in [0.3, 0.4) is 0 Å². The molecule has 2 aromatic heterocycles. The minimum Gasteiger partial charge on any atom is -0.418 e. The van der Waals surface area contributed by atoms with Crippen LogP contribution in [0.1, 0.15) is 48.5 Å². The lowest BCUT2D eigenvalue weighted by atomic mass is 9.96. The molecule has 0 fully saturated rings. The molecule has 4 aromatic rings. The van der Waals surface area contributed by atoms with E-state index in [4.69, 9.17) is 4.42 Å². The number of aryl methyl sites for hydroxylation is 1. The van der Waals surface area contributed by atoms with E-state index < -0.39 is 0 Å². The summed E-state index contributed by atoms with van der Waals surface area (Å²) in [6.45, 7) is 4.10. The van der Waals surface area contributed by atoms with Crippen molar-refractivity contribution in [2.45, 2.75) is 32.4 Å². The van der Waals surface area contributed by atoms with Crippen LogP contribution in [-0.2, 0) is 6.42 Å². The number of nitrogens with one attached hydrogen (secondary N) is 1. The number of hydrogen-bond donors (Lipinski definition) is 1. The maximum Gasteiger partial charge on any atom is 0.257 e. The molecule has 0 aliphatic rings. The molecule has 2 atom stereocenters. The monoisotopic (exact) mass is 407 g/mol. The van der Waals surface area contributed by atoms with Crippen molar-refractivity contribution in [1.82, 2.24) is 15.5 Å². The highest BCUT2D eigenvalue weighted by Crippen LogP contribution is 2.29. The Balaban J connectivity index is 1.62. The molecule has 0 spiro atoms. The Bertz CT molecular complexity index is 1060. The number of aromatic nitrogens is 2. The predicted molar refractivity (Wildman–Crippen MR) is 113 cm³/mol. The first-order chi connectivity index (χ1) is 14.1. The van der Waals surface area contributed by atoms with E-state index in [1.54, 1.807) is 23.5 Å². The van der Waals surface area contributed by atoms with Gasteiger partial charge in [0, 0.05) is 0 Å². The van der Waals surface area contributed by atoms with E-state index >= 15 is 0 Å². The molecular formula is C23H22FN3OS. The van der Waals surface area contributed by atoms with Gasteiger partial charge in [-0.15, -0.1) is 21.5 Å². The number of hydrogen-bond acceptors (Lipinski definition) is 5. The molecule has 29 heavy (non-hydrogen) atoms. The standard InChI is InChI=1S/C23H22FN3OS/c1-3-16-9-11-17(12-10-16)21(18-6-4-7-19(24)14-18)25-15(2)22-26-27-23(28-22)20-8-5-13-29-20/h4-15,21,25H,3H2,1-2H3/t15-,21-/m1/s1. The number of nitrogens with zero attached hydrogens (tertiary/aromatic N) is 2. The highest BCUT2D eigenvalue weighted by atomic mass is 32.1. The van der Waals surface area contributed by atoms with E-state index in [0.717, 1.165) is 22.4 Å². The lowest BCUT2D eigenvalue weighted by molar-refractivity contribution is 0.403. The molecule has 6 heteroatoms. The molecule has 0 saturated carbocycles. The summed E-state index contributed by atoms with van der Waals surface area (Å²) in [6.07, 6.45) is 0.974. The minimum absolute atomic E-state index is 0.205. The SMILES string of the molecule is CCc1ccc([C@@H](N[C@H](C)c2nnc(-c3cccs3)o2)c2cccc(F)c2)cc1. The van der Waals surface area contributed by atoms with E-state index in [0.29, 0.717) is 11.8 Å². The zero-order valence-electron chi connectivity index (χ0n) is 16.3. The highest BCUT2D eigenvalue weighted by molar-refractivity contribution is 7.13. The van der Waals surface area contributed by atoms with Gasteiger partial charge in [0.15, 0.2) is 0 Å². The Hall–Kier alpha value is -2.83. The summed E-state index contributed by atoms with van der Waals surface area (Å²) in [5.41, 5.74) is 3.16. The molecule has 2 heterocycles. The molecule has 148 valence electrons. The van der Waals surface area contributed by atoms with Crippen molar-refractivity contribution in [3.8, 4) is 10.8 Å². The van der Waals surface area contributed by atoms with Gasteiger partial charge in [-0.1, -0.05) is 49.4 Å². The molecule has 0 aliphatic heterocycles. The highest BCUT2D eigenvalue weighted by Gasteiger charge is 2.22. The Morgan fingerprint density at radius 3 is 2.55 bits per heavy atom. The van der Waals surface area contributed by atoms with Crippen molar-refractivity contribution >= 4 is 11.3 Å². The van der Waals surface area contributed by atoms with Crippen LogP contribution in [0.2, 0.25) is 0 Å². The third kappa shape index (κ3) is 4.44. The Kier molecular flexibility index (Phi) is 5.83. The normalized spacial score (nSPS) is 13.3. The van der Waals surface area contributed by atoms with E-state index in [2.05, 4.69) is 46.7 Å². The summed E-state index contributed by atoms with van der Waals surface area (Å²) in [4.78, 5) is 0.938. The van der Waals surface area contributed by atoms with Gasteiger partial charge in [0.1, 0.15) is 5.82 Å². The molecule has 1 N–H and O–H groups in total. The van der Waals surface area contributed by atoms with Crippen molar-refractivity contribution in [3.63, 3.8) is 0 Å². The fourth-order valence-corrected chi connectivity index (χ4v) is 3.89. The zero-order chi connectivity index (χ0) is 20.2. The summed E-state index contributed by atoms with van der Waals surface area (Å²) in [7, 11) is 0. The van der Waals surface area contributed by atoms with E-state index in [-0.39, 0.29) is 17.9 Å². The zero-order valence-corrected chi connectivity index (χ0v) is 17.1. The first-order valence-corrected chi connectivity index (χ1v) is 10.5. The predicted octanol–water partition coefficient (Wildman–Crippen LogP) is 5.94. The Morgan fingerprint density at radius 1 is 1.03 bits per heavy atom. The molecule has 0 bridgehead atoms. The van der Waals surface area contributed by atoms with Gasteiger partial charge in [-0.2, -0.15) is 0 Å². The third-order valence-corrected chi connectivity index (χ3v) is 5.72. The average molecular weight is 408 g/mol. The Labute approximate surface area is 173 Å². The fraction of sp³-hybridized carbons (Fsp3) is 0.217. The van der Waals surface area contributed by atoms with Crippen LogP contribution in [0.15, 0.2) is 70.5 Å². The van der Waals surface area contributed by atoms with Crippen molar-refractivity contribution in [3.05, 3.63) is 94.4 Å². The third-order valence-electron chi connectivity index (χ3n) is 4.86. The minimum atomic E-state index is -0.259. The average Bonchev–Trinajstić information content (AvgIpc) is 3.43. The van der Waals surface area contributed by atoms with Crippen molar-refractivity contribution in [2.75, 3.05) is 0 Å². The maximum absolute atomic E-state index is 13.9. The largest absolute Gasteiger partial charge is 0.418 e. The molecule has 0 amide bonds. The molecule has 0 aliphatic carbocycles. The van der Waals surface area contributed by atoms with Gasteiger partial charge in [-0.25, -0.2) is 4.39 Å². The van der Waals surface area contributed by atoms with Crippen molar-refractivity contribution in [2.24, 2.45) is 0 Å².